The lowest BCUT2D eigenvalue weighted by molar-refractivity contribution is -0.122. The summed E-state index contributed by atoms with van der Waals surface area (Å²) in [4.78, 5) is 24.4. The Balaban J connectivity index is 1.96. The fraction of sp³-hybridized carbons (Fsp3) is 0.278. The Kier molecular flexibility index (Phi) is 4.20. The molecule has 0 atom stereocenters. The number of rotatable bonds is 4. The first-order chi connectivity index (χ1) is 11.4. The Labute approximate surface area is 139 Å². The monoisotopic (exact) mass is 324 g/mol. The third-order valence-electron chi connectivity index (χ3n) is 3.71. The van der Waals surface area contributed by atoms with E-state index in [0.717, 1.165) is 11.3 Å². The first-order valence-corrected chi connectivity index (χ1v) is 7.89. The van der Waals surface area contributed by atoms with Gasteiger partial charge < -0.3 is 9.88 Å². The second kappa shape index (κ2) is 6.31. The Morgan fingerprint density at radius 3 is 2.58 bits per heavy atom. The van der Waals surface area contributed by atoms with Crippen LogP contribution in [0.3, 0.4) is 0 Å². The van der Waals surface area contributed by atoms with Gasteiger partial charge in [0.25, 0.3) is 5.56 Å². The average Bonchev–Trinajstić information content (AvgIpc) is 2.95. The van der Waals surface area contributed by atoms with E-state index in [1.165, 1.54) is 10.1 Å². The van der Waals surface area contributed by atoms with E-state index in [4.69, 9.17) is 0 Å². The van der Waals surface area contributed by atoms with Crippen LogP contribution in [-0.2, 0) is 11.3 Å². The number of hydrogen-bond donors (Lipinski definition) is 1. The topological polar surface area (TPSA) is 68.4 Å². The number of amides is 1. The molecule has 24 heavy (non-hydrogen) atoms. The lowest BCUT2D eigenvalue weighted by atomic mass is 10.1. The van der Waals surface area contributed by atoms with E-state index >= 15 is 0 Å². The summed E-state index contributed by atoms with van der Waals surface area (Å²) in [5.41, 5.74) is 3.07. The van der Waals surface area contributed by atoms with Gasteiger partial charge in [-0.3, -0.25) is 9.59 Å². The van der Waals surface area contributed by atoms with Gasteiger partial charge in [-0.1, -0.05) is 29.8 Å². The van der Waals surface area contributed by atoms with Crippen molar-refractivity contribution in [2.24, 2.45) is 0 Å². The highest BCUT2D eigenvalue weighted by molar-refractivity contribution is 5.76. The highest BCUT2D eigenvalue weighted by atomic mass is 16.2. The molecule has 0 spiro atoms. The quantitative estimate of drug-likeness (QED) is 0.798. The molecule has 0 aliphatic rings. The van der Waals surface area contributed by atoms with Gasteiger partial charge in [0.05, 0.1) is 5.69 Å². The molecule has 6 heteroatoms. The van der Waals surface area contributed by atoms with Crippen molar-refractivity contribution < 1.29 is 4.79 Å². The van der Waals surface area contributed by atoms with Crippen LogP contribution in [0.25, 0.3) is 16.8 Å². The highest BCUT2D eigenvalue weighted by Gasteiger charge is 2.11. The lowest BCUT2D eigenvalue weighted by Gasteiger charge is -2.09. The third-order valence-corrected chi connectivity index (χ3v) is 3.71. The first kappa shape index (κ1) is 16.0. The second-order valence-electron chi connectivity index (χ2n) is 6.18. The van der Waals surface area contributed by atoms with Crippen LogP contribution in [0, 0.1) is 6.92 Å². The molecule has 3 aromatic rings. The average molecular weight is 324 g/mol. The van der Waals surface area contributed by atoms with Gasteiger partial charge in [0.2, 0.25) is 5.91 Å². The predicted molar refractivity (Wildman–Crippen MR) is 92.9 cm³/mol. The molecule has 0 aliphatic carbocycles. The normalized spacial score (nSPS) is 11.2. The van der Waals surface area contributed by atoms with Crippen LogP contribution >= 0.6 is 0 Å². The van der Waals surface area contributed by atoms with Crippen LogP contribution in [-0.4, -0.2) is 26.1 Å². The van der Waals surface area contributed by atoms with Crippen LogP contribution in [0.2, 0.25) is 0 Å². The summed E-state index contributed by atoms with van der Waals surface area (Å²) >= 11 is 0. The molecule has 1 N–H and O–H groups in total. The van der Waals surface area contributed by atoms with Crippen LogP contribution in [0.15, 0.2) is 47.5 Å². The number of nitrogens with zero attached hydrogens (tertiary/aromatic N) is 3. The van der Waals surface area contributed by atoms with Crippen molar-refractivity contribution in [1.29, 1.82) is 0 Å². The third kappa shape index (κ3) is 3.22. The summed E-state index contributed by atoms with van der Waals surface area (Å²) in [6, 6.07) is 9.77. The minimum Gasteiger partial charge on any atom is -0.352 e. The summed E-state index contributed by atoms with van der Waals surface area (Å²) < 4.78 is 2.95. The van der Waals surface area contributed by atoms with Crippen LogP contribution in [0.4, 0.5) is 0 Å². The van der Waals surface area contributed by atoms with E-state index in [1.807, 2.05) is 45.0 Å². The fourth-order valence-corrected chi connectivity index (χ4v) is 2.54. The smallest absolute Gasteiger partial charge is 0.277 e. The Bertz CT molecular complexity index is 936. The van der Waals surface area contributed by atoms with Crippen molar-refractivity contribution in [3.05, 3.63) is 58.6 Å². The van der Waals surface area contributed by atoms with Crippen LogP contribution in [0.5, 0.6) is 0 Å². The maximum absolute atomic E-state index is 12.6. The van der Waals surface area contributed by atoms with Gasteiger partial charge in [-0.15, -0.1) is 0 Å². The van der Waals surface area contributed by atoms with Crippen LogP contribution < -0.4 is 10.9 Å². The Morgan fingerprint density at radius 2 is 1.92 bits per heavy atom. The highest BCUT2D eigenvalue weighted by Crippen LogP contribution is 2.18. The van der Waals surface area contributed by atoms with Crippen LogP contribution in [0.1, 0.15) is 19.4 Å². The number of carbonyl (C=O) groups excluding carboxylic acids is 1. The maximum Gasteiger partial charge on any atom is 0.277 e. The molecule has 0 radical (unpaired) electrons. The number of hydrogen-bond acceptors (Lipinski definition) is 3. The Morgan fingerprint density at radius 1 is 1.21 bits per heavy atom. The molecular formula is C18H20N4O2. The molecule has 6 nitrogen and oxygen atoms in total. The van der Waals surface area contributed by atoms with Crippen molar-refractivity contribution in [3.8, 4) is 11.3 Å². The van der Waals surface area contributed by atoms with Gasteiger partial charge in [0.1, 0.15) is 12.1 Å². The molecule has 0 unspecified atom stereocenters. The molecule has 2 aromatic heterocycles. The van der Waals surface area contributed by atoms with Crippen molar-refractivity contribution in [2.75, 3.05) is 0 Å². The molecule has 1 amide bonds. The van der Waals surface area contributed by atoms with Gasteiger partial charge in [-0.25, -0.2) is 4.52 Å². The van der Waals surface area contributed by atoms with E-state index in [-0.39, 0.29) is 24.1 Å². The summed E-state index contributed by atoms with van der Waals surface area (Å²) in [6.45, 7) is 5.79. The molecule has 0 saturated heterocycles. The minimum absolute atomic E-state index is 0.00143. The van der Waals surface area contributed by atoms with Crippen molar-refractivity contribution in [1.82, 2.24) is 19.5 Å². The molecule has 0 saturated carbocycles. The van der Waals surface area contributed by atoms with Crippen molar-refractivity contribution in [2.45, 2.75) is 33.4 Å². The summed E-state index contributed by atoms with van der Waals surface area (Å²) in [5, 5.41) is 7.23. The van der Waals surface area contributed by atoms with E-state index < -0.39 is 0 Å². The van der Waals surface area contributed by atoms with E-state index in [2.05, 4.69) is 10.4 Å². The summed E-state index contributed by atoms with van der Waals surface area (Å²) in [5.74, 6) is -0.185. The van der Waals surface area contributed by atoms with Gasteiger partial charge in [0, 0.05) is 24.0 Å². The van der Waals surface area contributed by atoms with Gasteiger partial charge in [0.15, 0.2) is 0 Å². The van der Waals surface area contributed by atoms with E-state index in [1.54, 1.807) is 23.0 Å². The van der Waals surface area contributed by atoms with Gasteiger partial charge in [-0.2, -0.15) is 5.10 Å². The largest absolute Gasteiger partial charge is 0.352 e. The maximum atomic E-state index is 12.6. The summed E-state index contributed by atoms with van der Waals surface area (Å²) in [7, 11) is 0. The Hall–Kier alpha value is -2.89. The number of benzene rings is 1. The number of aromatic nitrogens is 3. The van der Waals surface area contributed by atoms with E-state index in [9.17, 15) is 9.59 Å². The summed E-state index contributed by atoms with van der Waals surface area (Å²) in [6.07, 6.45) is 3.28. The number of carbonyl (C=O) groups is 1. The second-order valence-corrected chi connectivity index (χ2v) is 6.18. The van der Waals surface area contributed by atoms with E-state index in [0.29, 0.717) is 5.52 Å². The fourth-order valence-electron chi connectivity index (χ4n) is 2.54. The van der Waals surface area contributed by atoms with Crippen molar-refractivity contribution >= 4 is 11.4 Å². The molecule has 1 aromatic carbocycles. The van der Waals surface area contributed by atoms with Gasteiger partial charge >= 0.3 is 0 Å². The molecule has 124 valence electrons. The number of nitrogens with one attached hydrogen (secondary N) is 1. The minimum atomic E-state index is -0.234. The van der Waals surface area contributed by atoms with Crippen molar-refractivity contribution in [3.63, 3.8) is 0 Å². The molecule has 0 aliphatic heterocycles. The number of fused-ring (bicyclic) bond motifs is 1. The number of aryl methyl sites for hydroxylation is 1. The molecule has 0 fully saturated rings. The van der Waals surface area contributed by atoms with Gasteiger partial charge in [-0.05, 0) is 26.8 Å². The molecule has 3 rings (SSSR count). The first-order valence-electron chi connectivity index (χ1n) is 7.89. The predicted octanol–water partition coefficient (Wildman–Crippen LogP) is 2.00. The molecule has 0 bridgehead atoms. The molecule has 2 heterocycles. The standard InChI is InChI=1S/C18H20N4O2/c1-12(2)19-17(23)11-21-8-9-22-16(18(21)24)10-15(20-22)14-6-4-13(3)5-7-14/h4-10,12H,11H2,1-3H3,(H,19,23). The lowest BCUT2D eigenvalue weighted by Crippen LogP contribution is -2.36. The SMILES string of the molecule is Cc1ccc(-c2cc3c(=O)n(CC(=O)NC(C)C)ccn3n2)cc1. The zero-order valence-electron chi connectivity index (χ0n) is 14.0. The molecular weight excluding hydrogens is 304 g/mol. The zero-order chi connectivity index (χ0) is 17.3. The zero-order valence-corrected chi connectivity index (χ0v) is 14.0.